The molecule has 1 atom stereocenters. The summed E-state index contributed by atoms with van der Waals surface area (Å²) in [5.74, 6) is -1.92. The molecule has 106 valence electrons. The Labute approximate surface area is 144 Å². The number of hydrogen-bond donors (Lipinski definition) is 0. The molecule has 0 saturated heterocycles. The highest BCUT2D eigenvalue weighted by Gasteiger charge is 2.25. The van der Waals surface area contributed by atoms with Gasteiger partial charge in [-0.25, -0.2) is 4.39 Å². The van der Waals surface area contributed by atoms with Crippen molar-refractivity contribution in [1.29, 1.82) is 5.26 Å². The lowest BCUT2D eigenvalue weighted by Crippen LogP contribution is -2.13. The van der Waals surface area contributed by atoms with Crippen molar-refractivity contribution in [2.75, 3.05) is 0 Å². The SMILES string of the molecule is N#CC(C(=O)c1ccc(F)cc1I)c1ccc(Cl)cc1Cl. The number of ketones is 1. The summed E-state index contributed by atoms with van der Waals surface area (Å²) in [5, 5.41) is 9.98. The number of Topliss-reactive ketones (excluding diaryl/α,β-unsaturated/α-hetero) is 1. The third kappa shape index (κ3) is 3.54. The largest absolute Gasteiger partial charge is 0.292 e. The molecule has 0 heterocycles. The van der Waals surface area contributed by atoms with Crippen LogP contribution in [0.3, 0.4) is 0 Å². The van der Waals surface area contributed by atoms with Gasteiger partial charge in [-0.05, 0) is 58.5 Å². The summed E-state index contributed by atoms with van der Waals surface area (Å²) in [7, 11) is 0. The molecule has 0 aliphatic carbocycles. The zero-order valence-electron chi connectivity index (χ0n) is 10.4. The molecular weight excluding hydrogens is 427 g/mol. The first-order valence-electron chi connectivity index (χ1n) is 5.78. The summed E-state index contributed by atoms with van der Waals surface area (Å²) >= 11 is 13.7. The highest BCUT2D eigenvalue weighted by molar-refractivity contribution is 14.1. The van der Waals surface area contributed by atoms with Crippen LogP contribution in [0.2, 0.25) is 10.0 Å². The molecule has 21 heavy (non-hydrogen) atoms. The quantitative estimate of drug-likeness (QED) is 0.491. The summed E-state index contributed by atoms with van der Waals surface area (Å²) in [6, 6.07) is 10.3. The van der Waals surface area contributed by atoms with E-state index in [1.54, 1.807) is 12.1 Å². The van der Waals surface area contributed by atoms with Gasteiger partial charge < -0.3 is 0 Å². The van der Waals surface area contributed by atoms with E-state index in [-0.39, 0.29) is 10.6 Å². The molecule has 2 aromatic rings. The summed E-state index contributed by atoms with van der Waals surface area (Å²) in [4.78, 5) is 12.5. The second kappa shape index (κ2) is 6.73. The van der Waals surface area contributed by atoms with Crippen LogP contribution in [-0.4, -0.2) is 5.78 Å². The highest BCUT2D eigenvalue weighted by atomic mass is 127. The van der Waals surface area contributed by atoms with Crippen molar-refractivity contribution in [2.24, 2.45) is 0 Å². The van der Waals surface area contributed by atoms with Gasteiger partial charge in [-0.2, -0.15) is 5.26 Å². The predicted octanol–water partition coefficient (Wildman–Crippen LogP) is 5.23. The second-order valence-electron chi connectivity index (χ2n) is 4.22. The van der Waals surface area contributed by atoms with Gasteiger partial charge >= 0.3 is 0 Å². The van der Waals surface area contributed by atoms with E-state index in [2.05, 4.69) is 0 Å². The van der Waals surface area contributed by atoms with E-state index in [1.165, 1.54) is 24.3 Å². The molecule has 2 nitrogen and oxygen atoms in total. The Bertz CT molecular complexity index is 758. The molecule has 0 saturated carbocycles. The second-order valence-corrected chi connectivity index (χ2v) is 6.22. The Morgan fingerprint density at radius 1 is 1.24 bits per heavy atom. The molecule has 0 spiro atoms. The number of carbonyl (C=O) groups excluding carboxylic acids is 1. The fourth-order valence-electron chi connectivity index (χ4n) is 1.85. The van der Waals surface area contributed by atoms with Gasteiger partial charge in [0.15, 0.2) is 5.78 Å². The minimum absolute atomic E-state index is 0.250. The molecular formula is C15H7Cl2FINO. The van der Waals surface area contributed by atoms with Crippen molar-refractivity contribution in [1.82, 2.24) is 0 Å². The number of halogens is 4. The number of carbonyl (C=O) groups is 1. The van der Waals surface area contributed by atoms with Crippen LogP contribution in [0, 0.1) is 20.7 Å². The van der Waals surface area contributed by atoms with Crippen molar-refractivity contribution < 1.29 is 9.18 Å². The van der Waals surface area contributed by atoms with E-state index in [0.29, 0.717) is 14.2 Å². The van der Waals surface area contributed by atoms with Crippen LogP contribution in [-0.2, 0) is 0 Å². The van der Waals surface area contributed by atoms with Crippen LogP contribution in [0.1, 0.15) is 21.8 Å². The van der Waals surface area contributed by atoms with E-state index < -0.39 is 17.5 Å². The van der Waals surface area contributed by atoms with Gasteiger partial charge in [-0.15, -0.1) is 0 Å². The van der Waals surface area contributed by atoms with Crippen molar-refractivity contribution in [2.45, 2.75) is 5.92 Å². The fraction of sp³-hybridized carbons (Fsp3) is 0.0667. The number of nitrogens with zero attached hydrogens (tertiary/aromatic N) is 1. The molecule has 0 N–H and O–H groups in total. The van der Waals surface area contributed by atoms with E-state index in [4.69, 9.17) is 23.2 Å². The Morgan fingerprint density at radius 2 is 1.95 bits per heavy atom. The normalized spacial score (nSPS) is 11.8. The van der Waals surface area contributed by atoms with Gasteiger partial charge in [0.1, 0.15) is 11.7 Å². The van der Waals surface area contributed by atoms with Crippen LogP contribution in [0.25, 0.3) is 0 Å². The standard InChI is InChI=1S/C15H7Cl2FINO/c16-8-1-3-10(13(17)5-8)12(7-20)15(21)11-4-2-9(18)6-14(11)19/h1-6,12H. The highest BCUT2D eigenvalue weighted by Crippen LogP contribution is 2.30. The van der Waals surface area contributed by atoms with Gasteiger partial charge in [-0.1, -0.05) is 29.3 Å². The number of hydrogen-bond acceptors (Lipinski definition) is 2. The Hall–Kier alpha value is -1.16. The smallest absolute Gasteiger partial charge is 0.185 e. The first-order chi connectivity index (χ1) is 9.93. The van der Waals surface area contributed by atoms with Crippen LogP contribution in [0.4, 0.5) is 4.39 Å². The van der Waals surface area contributed by atoms with Gasteiger partial charge in [0.2, 0.25) is 0 Å². The zero-order chi connectivity index (χ0) is 15.6. The van der Waals surface area contributed by atoms with Crippen LogP contribution >= 0.6 is 45.8 Å². The molecule has 0 aliphatic rings. The molecule has 0 aliphatic heterocycles. The lowest BCUT2D eigenvalue weighted by molar-refractivity contribution is 0.0978. The summed E-state index contributed by atoms with van der Waals surface area (Å²) in [6.45, 7) is 0. The minimum atomic E-state index is -1.06. The van der Waals surface area contributed by atoms with Crippen molar-refractivity contribution >= 4 is 51.6 Å². The Morgan fingerprint density at radius 3 is 2.52 bits per heavy atom. The molecule has 2 rings (SSSR count). The van der Waals surface area contributed by atoms with E-state index in [0.717, 1.165) is 0 Å². The van der Waals surface area contributed by atoms with Crippen molar-refractivity contribution in [3.05, 3.63) is 67.0 Å². The van der Waals surface area contributed by atoms with Gasteiger partial charge in [0.25, 0.3) is 0 Å². The number of nitriles is 1. The van der Waals surface area contributed by atoms with Crippen LogP contribution < -0.4 is 0 Å². The summed E-state index contributed by atoms with van der Waals surface area (Å²) in [5.41, 5.74) is 0.670. The predicted molar refractivity (Wildman–Crippen MR) is 88.3 cm³/mol. The van der Waals surface area contributed by atoms with Gasteiger partial charge in [-0.3, -0.25) is 4.79 Å². The lowest BCUT2D eigenvalue weighted by atomic mass is 9.92. The topological polar surface area (TPSA) is 40.9 Å². The Balaban J connectivity index is 2.46. The minimum Gasteiger partial charge on any atom is -0.292 e. The molecule has 0 aromatic heterocycles. The molecule has 6 heteroatoms. The molecule has 0 fully saturated rings. The third-order valence-corrected chi connectivity index (χ3v) is 4.32. The van der Waals surface area contributed by atoms with E-state index in [9.17, 15) is 14.4 Å². The summed E-state index contributed by atoms with van der Waals surface area (Å²) in [6.07, 6.45) is 0. The van der Waals surface area contributed by atoms with Gasteiger partial charge in [0.05, 0.1) is 6.07 Å². The number of rotatable bonds is 3. The monoisotopic (exact) mass is 433 g/mol. The van der Waals surface area contributed by atoms with Crippen molar-refractivity contribution in [3.63, 3.8) is 0 Å². The molecule has 0 amide bonds. The maximum Gasteiger partial charge on any atom is 0.185 e. The maximum absolute atomic E-state index is 13.1. The zero-order valence-corrected chi connectivity index (χ0v) is 14.1. The number of benzene rings is 2. The average molecular weight is 434 g/mol. The van der Waals surface area contributed by atoms with E-state index >= 15 is 0 Å². The van der Waals surface area contributed by atoms with Gasteiger partial charge in [0, 0.05) is 19.2 Å². The first-order valence-corrected chi connectivity index (χ1v) is 7.61. The van der Waals surface area contributed by atoms with Crippen LogP contribution in [0.15, 0.2) is 36.4 Å². The molecule has 2 aromatic carbocycles. The third-order valence-electron chi connectivity index (χ3n) is 2.86. The van der Waals surface area contributed by atoms with Crippen molar-refractivity contribution in [3.8, 4) is 6.07 Å². The lowest BCUT2D eigenvalue weighted by Gasteiger charge is -2.12. The maximum atomic E-state index is 13.1. The average Bonchev–Trinajstić information content (AvgIpc) is 2.41. The molecule has 1 unspecified atom stereocenters. The molecule has 0 radical (unpaired) electrons. The summed E-state index contributed by atoms with van der Waals surface area (Å²) < 4.78 is 13.6. The first kappa shape index (κ1) is 16.2. The van der Waals surface area contributed by atoms with Crippen LogP contribution in [0.5, 0.6) is 0 Å². The van der Waals surface area contributed by atoms with E-state index in [1.807, 2.05) is 28.7 Å². The molecule has 0 bridgehead atoms. The fourth-order valence-corrected chi connectivity index (χ4v) is 3.11. The Kier molecular flexibility index (Phi) is 5.20.